The highest BCUT2D eigenvalue weighted by Crippen LogP contribution is 2.28. The minimum absolute atomic E-state index is 0.0517. The average Bonchev–Trinajstić information content (AvgIpc) is 2.80. The molecule has 2 N–H and O–H groups in total. The van der Waals surface area contributed by atoms with Crippen LogP contribution in [0.1, 0.15) is 40.2 Å². The zero-order chi connectivity index (χ0) is 16.3. The van der Waals surface area contributed by atoms with Gasteiger partial charge in [0.1, 0.15) is 11.6 Å². The molecule has 0 aliphatic carbocycles. The molecule has 0 atom stereocenters. The van der Waals surface area contributed by atoms with Crippen molar-refractivity contribution in [3.05, 3.63) is 22.5 Å². The molecule has 22 heavy (non-hydrogen) atoms. The second-order valence-corrected chi connectivity index (χ2v) is 4.93. The van der Waals surface area contributed by atoms with Crippen molar-refractivity contribution in [2.24, 2.45) is 0 Å². The van der Waals surface area contributed by atoms with Gasteiger partial charge >= 0.3 is 12.1 Å². The molecule has 1 aliphatic rings. The highest BCUT2D eigenvalue weighted by molar-refractivity contribution is 5.93. The van der Waals surface area contributed by atoms with Gasteiger partial charge in [-0.3, -0.25) is 0 Å². The van der Waals surface area contributed by atoms with Crippen molar-refractivity contribution < 1.29 is 19.8 Å². The fourth-order valence-corrected chi connectivity index (χ4v) is 2.75. The third kappa shape index (κ3) is 2.59. The van der Waals surface area contributed by atoms with Crippen LogP contribution in [0.4, 0.5) is 4.79 Å². The maximum atomic E-state index is 11.5. The van der Waals surface area contributed by atoms with Gasteiger partial charge < -0.3 is 19.7 Å². The molecule has 0 bridgehead atoms. The Bertz CT molecular complexity index is 708. The van der Waals surface area contributed by atoms with Crippen LogP contribution < -0.4 is 0 Å². The van der Waals surface area contributed by atoms with E-state index in [2.05, 4.69) is 0 Å². The summed E-state index contributed by atoms with van der Waals surface area (Å²) in [7, 11) is 0. The first-order valence-corrected chi connectivity index (χ1v) is 6.73. The molecule has 114 valence electrons. The van der Waals surface area contributed by atoms with Crippen LogP contribution in [0.15, 0.2) is 0 Å². The number of carboxylic acid groups (broad SMARTS) is 2. The first kappa shape index (κ1) is 15.4. The monoisotopic (exact) mass is 302 g/mol. The first-order chi connectivity index (χ1) is 10.5. The minimum atomic E-state index is -1.24. The number of carboxylic acids is 1. The molecule has 1 amide bonds. The lowest BCUT2D eigenvalue weighted by Gasteiger charge is -2.27. The van der Waals surface area contributed by atoms with Crippen LogP contribution in [-0.2, 0) is 19.5 Å². The number of nitrogens with zero attached hydrogens (tertiary/aromatic N) is 4. The van der Waals surface area contributed by atoms with Crippen molar-refractivity contribution in [2.45, 2.75) is 32.4 Å². The van der Waals surface area contributed by atoms with Gasteiger partial charge in [-0.15, -0.1) is 0 Å². The van der Waals surface area contributed by atoms with Gasteiger partial charge in [-0.1, -0.05) is 0 Å². The zero-order valence-corrected chi connectivity index (χ0v) is 11.7. The van der Waals surface area contributed by atoms with E-state index in [1.807, 2.05) is 12.1 Å². The van der Waals surface area contributed by atoms with E-state index in [1.165, 1.54) is 0 Å². The highest BCUT2D eigenvalue weighted by atomic mass is 16.4. The summed E-state index contributed by atoms with van der Waals surface area (Å²) in [6, 6.07) is 3.94. The van der Waals surface area contributed by atoms with Crippen LogP contribution in [0.3, 0.4) is 0 Å². The number of fused-ring (bicyclic) bond motifs is 1. The number of hydrogen-bond donors (Lipinski definition) is 2. The van der Waals surface area contributed by atoms with E-state index in [9.17, 15) is 20.0 Å². The van der Waals surface area contributed by atoms with E-state index >= 15 is 0 Å². The van der Waals surface area contributed by atoms with Gasteiger partial charge in [0.2, 0.25) is 0 Å². The average molecular weight is 302 g/mol. The van der Waals surface area contributed by atoms with Crippen molar-refractivity contribution in [1.29, 1.82) is 10.5 Å². The van der Waals surface area contributed by atoms with Crippen LogP contribution in [-0.4, -0.2) is 38.3 Å². The van der Waals surface area contributed by atoms with Gasteiger partial charge in [0.25, 0.3) is 0 Å². The lowest BCUT2D eigenvalue weighted by atomic mass is 10.1. The summed E-state index contributed by atoms with van der Waals surface area (Å²) in [5.41, 5.74) is 0.868. The Hall–Kier alpha value is -3.00. The maximum Gasteiger partial charge on any atom is 0.407 e. The van der Waals surface area contributed by atoms with Crippen molar-refractivity contribution >= 4 is 12.1 Å². The van der Waals surface area contributed by atoms with Crippen LogP contribution in [0, 0.1) is 22.7 Å². The number of aromatic carboxylic acids is 1. The minimum Gasteiger partial charge on any atom is -0.478 e. The summed E-state index contributed by atoms with van der Waals surface area (Å²) in [5, 5.41) is 36.4. The van der Waals surface area contributed by atoms with E-state index in [0.717, 1.165) is 4.90 Å². The number of amides is 1. The Morgan fingerprint density at radius 2 is 1.95 bits per heavy atom. The number of rotatable bonds is 4. The summed E-state index contributed by atoms with van der Waals surface area (Å²) in [4.78, 5) is 23.7. The number of carbonyl (C=O) groups is 2. The van der Waals surface area contributed by atoms with E-state index in [4.69, 9.17) is 10.4 Å². The molecule has 0 saturated heterocycles. The molecule has 1 aromatic rings. The molecular formula is C14H14N4O4. The molecule has 0 unspecified atom stereocenters. The molecule has 2 rings (SSSR count). The van der Waals surface area contributed by atoms with E-state index in [0.29, 0.717) is 37.2 Å². The second kappa shape index (κ2) is 6.19. The van der Waals surface area contributed by atoms with Crippen LogP contribution in [0.25, 0.3) is 0 Å². The van der Waals surface area contributed by atoms with Gasteiger partial charge in [0.05, 0.1) is 23.9 Å². The Morgan fingerprint density at radius 1 is 1.23 bits per heavy atom. The molecule has 0 radical (unpaired) electrons. The zero-order valence-electron chi connectivity index (χ0n) is 11.7. The van der Waals surface area contributed by atoms with Crippen molar-refractivity contribution in [3.63, 3.8) is 0 Å². The fourth-order valence-electron chi connectivity index (χ4n) is 2.75. The normalized spacial score (nSPS) is 13.1. The molecule has 1 aliphatic heterocycles. The molecule has 2 heterocycles. The molecular weight excluding hydrogens is 288 g/mol. The molecule has 0 fully saturated rings. The molecule has 8 nitrogen and oxygen atoms in total. The topological polar surface area (TPSA) is 130 Å². The largest absolute Gasteiger partial charge is 0.478 e. The smallest absolute Gasteiger partial charge is 0.407 e. The molecule has 8 heteroatoms. The Morgan fingerprint density at radius 3 is 2.50 bits per heavy atom. The highest BCUT2D eigenvalue weighted by Gasteiger charge is 2.31. The lowest BCUT2D eigenvalue weighted by molar-refractivity contribution is 0.0691. The standard InChI is InChI=1S/C14H14N4O4/c15-4-2-1-3-10-9(7-16)12(13(19)20)11-8-17(14(21)22)5-6-18(10)11/h1-3,5-6,8H2,(H,19,20)(H,21,22). The molecule has 1 aromatic heterocycles. The summed E-state index contributed by atoms with van der Waals surface area (Å²) in [6.45, 7) is 0.502. The Labute approximate surface area is 126 Å². The Balaban J connectivity index is 2.51. The van der Waals surface area contributed by atoms with Gasteiger partial charge in [0.15, 0.2) is 0 Å². The quantitative estimate of drug-likeness (QED) is 0.808. The summed E-state index contributed by atoms with van der Waals surface area (Å²) >= 11 is 0. The number of aromatic nitrogens is 1. The second-order valence-electron chi connectivity index (χ2n) is 4.93. The third-order valence-electron chi connectivity index (χ3n) is 3.71. The molecule has 0 spiro atoms. The first-order valence-electron chi connectivity index (χ1n) is 6.73. The fraction of sp³-hybridized carbons (Fsp3) is 0.429. The third-order valence-corrected chi connectivity index (χ3v) is 3.71. The number of nitriles is 2. The van der Waals surface area contributed by atoms with Crippen molar-refractivity contribution in [2.75, 3.05) is 6.54 Å². The SMILES string of the molecule is N#CCCCc1c(C#N)c(C(=O)O)c2n1CCN(C(=O)O)C2. The van der Waals surface area contributed by atoms with Gasteiger partial charge in [0, 0.05) is 25.2 Å². The summed E-state index contributed by atoms with van der Waals surface area (Å²) in [5.74, 6) is -1.24. The predicted octanol–water partition coefficient (Wildman–Crippen LogP) is 1.40. The number of hydrogen-bond acceptors (Lipinski definition) is 4. The van der Waals surface area contributed by atoms with Crippen LogP contribution >= 0.6 is 0 Å². The van der Waals surface area contributed by atoms with E-state index in [-0.39, 0.29) is 24.2 Å². The lowest BCUT2D eigenvalue weighted by Crippen LogP contribution is -2.38. The van der Waals surface area contributed by atoms with Crippen molar-refractivity contribution in [3.8, 4) is 12.1 Å². The molecule has 0 aromatic carbocycles. The van der Waals surface area contributed by atoms with Gasteiger partial charge in [-0.2, -0.15) is 10.5 Å². The van der Waals surface area contributed by atoms with Crippen LogP contribution in [0.5, 0.6) is 0 Å². The summed E-state index contributed by atoms with van der Waals surface area (Å²) < 4.78 is 1.72. The van der Waals surface area contributed by atoms with Gasteiger partial charge in [-0.05, 0) is 12.8 Å². The van der Waals surface area contributed by atoms with E-state index in [1.54, 1.807) is 4.57 Å². The Kier molecular flexibility index (Phi) is 4.33. The van der Waals surface area contributed by atoms with E-state index < -0.39 is 12.1 Å². The van der Waals surface area contributed by atoms with Crippen molar-refractivity contribution in [1.82, 2.24) is 9.47 Å². The predicted molar refractivity (Wildman–Crippen MR) is 73.1 cm³/mol. The van der Waals surface area contributed by atoms with Gasteiger partial charge in [-0.25, -0.2) is 9.59 Å². The maximum absolute atomic E-state index is 11.5. The number of unbranched alkanes of at least 4 members (excludes halogenated alkanes) is 1. The summed E-state index contributed by atoms with van der Waals surface area (Å²) in [6.07, 6.45) is 0.142. The van der Waals surface area contributed by atoms with Crippen LogP contribution in [0.2, 0.25) is 0 Å². The molecule has 0 saturated carbocycles.